The number of anilines is 1. The summed E-state index contributed by atoms with van der Waals surface area (Å²) in [6, 6.07) is 2.43. The van der Waals surface area contributed by atoms with Crippen molar-refractivity contribution < 1.29 is 17.6 Å². The Kier molecular flexibility index (Phi) is 4.48. The van der Waals surface area contributed by atoms with Crippen molar-refractivity contribution >= 4 is 17.3 Å². The Labute approximate surface area is 108 Å². The van der Waals surface area contributed by atoms with Gasteiger partial charge < -0.3 is 5.32 Å². The van der Waals surface area contributed by atoms with Gasteiger partial charge in [0.25, 0.3) is 0 Å². The molecular weight excluding hydrogens is 270 g/mol. The molecule has 0 saturated heterocycles. The zero-order valence-corrected chi connectivity index (χ0v) is 10.8. The van der Waals surface area contributed by atoms with Crippen LogP contribution in [0, 0.1) is 5.82 Å². The van der Waals surface area contributed by atoms with Gasteiger partial charge in [0.15, 0.2) is 0 Å². The summed E-state index contributed by atoms with van der Waals surface area (Å²) in [6.45, 7) is 3.60. The summed E-state index contributed by atoms with van der Waals surface area (Å²) in [4.78, 5) is 0. The largest absolute Gasteiger partial charge is 0.416 e. The lowest BCUT2D eigenvalue weighted by Gasteiger charge is -2.27. The van der Waals surface area contributed by atoms with Crippen molar-refractivity contribution in [1.29, 1.82) is 0 Å². The Morgan fingerprint density at radius 2 is 1.83 bits per heavy atom. The second kappa shape index (κ2) is 5.34. The van der Waals surface area contributed by atoms with Crippen molar-refractivity contribution in [3.63, 3.8) is 0 Å². The van der Waals surface area contributed by atoms with Crippen molar-refractivity contribution in [2.75, 3.05) is 11.2 Å². The molecule has 102 valence electrons. The SMILES string of the molecule is CC(C)(CCCl)Nc1ccc(C(F)(F)F)cc1F. The van der Waals surface area contributed by atoms with Gasteiger partial charge in [0, 0.05) is 11.4 Å². The van der Waals surface area contributed by atoms with E-state index in [1.165, 1.54) is 0 Å². The van der Waals surface area contributed by atoms with Crippen LogP contribution in [-0.2, 0) is 6.18 Å². The number of alkyl halides is 4. The van der Waals surface area contributed by atoms with Gasteiger partial charge in [-0.2, -0.15) is 13.2 Å². The third-order valence-electron chi connectivity index (χ3n) is 2.49. The third-order valence-corrected chi connectivity index (χ3v) is 2.68. The molecular formula is C12H14ClF4N. The van der Waals surface area contributed by atoms with Crippen LogP contribution < -0.4 is 5.32 Å². The number of halogens is 5. The fourth-order valence-corrected chi connectivity index (χ4v) is 1.93. The number of hydrogen-bond acceptors (Lipinski definition) is 1. The Morgan fingerprint density at radius 1 is 1.22 bits per heavy atom. The van der Waals surface area contributed by atoms with Gasteiger partial charge in [0.1, 0.15) is 5.82 Å². The summed E-state index contributed by atoms with van der Waals surface area (Å²) in [5.74, 6) is -0.546. The Balaban J connectivity index is 2.93. The lowest BCUT2D eigenvalue weighted by atomic mass is 10.0. The van der Waals surface area contributed by atoms with E-state index >= 15 is 0 Å². The molecule has 0 aliphatic rings. The van der Waals surface area contributed by atoms with Crippen LogP contribution in [0.4, 0.5) is 23.2 Å². The van der Waals surface area contributed by atoms with E-state index in [0.717, 1.165) is 12.1 Å². The zero-order valence-electron chi connectivity index (χ0n) is 10.0. The lowest BCUT2D eigenvalue weighted by molar-refractivity contribution is -0.137. The van der Waals surface area contributed by atoms with Crippen LogP contribution >= 0.6 is 11.6 Å². The molecule has 0 unspecified atom stereocenters. The van der Waals surface area contributed by atoms with E-state index in [1.54, 1.807) is 13.8 Å². The topological polar surface area (TPSA) is 12.0 Å². The highest BCUT2D eigenvalue weighted by Crippen LogP contribution is 2.32. The van der Waals surface area contributed by atoms with E-state index in [0.29, 0.717) is 18.4 Å². The highest BCUT2D eigenvalue weighted by molar-refractivity contribution is 6.17. The van der Waals surface area contributed by atoms with Crippen LogP contribution in [0.25, 0.3) is 0 Å². The Morgan fingerprint density at radius 3 is 2.28 bits per heavy atom. The fraction of sp³-hybridized carbons (Fsp3) is 0.500. The van der Waals surface area contributed by atoms with E-state index in [2.05, 4.69) is 5.32 Å². The summed E-state index contributed by atoms with van der Waals surface area (Å²) in [5.41, 5.74) is -1.44. The van der Waals surface area contributed by atoms with Gasteiger partial charge in [-0.1, -0.05) is 0 Å². The summed E-state index contributed by atoms with van der Waals surface area (Å²) in [6.07, 6.45) is -3.97. The molecule has 18 heavy (non-hydrogen) atoms. The van der Waals surface area contributed by atoms with Gasteiger partial charge >= 0.3 is 6.18 Å². The standard InChI is InChI=1S/C12H14ClF4N/c1-11(2,5-6-13)18-10-4-3-8(7-9(10)14)12(15,16)17/h3-4,7,18H,5-6H2,1-2H3. The summed E-state index contributed by atoms with van der Waals surface area (Å²) < 4.78 is 50.6. The molecule has 6 heteroatoms. The van der Waals surface area contributed by atoms with Crippen LogP contribution in [0.1, 0.15) is 25.8 Å². The van der Waals surface area contributed by atoms with Crippen LogP contribution in [0.2, 0.25) is 0 Å². The van der Waals surface area contributed by atoms with Gasteiger partial charge in [-0.15, -0.1) is 11.6 Å². The monoisotopic (exact) mass is 283 g/mol. The Hall–Kier alpha value is -0.970. The maximum atomic E-state index is 13.6. The predicted molar refractivity (Wildman–Crippen MR) is 64.4 cm³/mol. The molecule has 1 nitrogen and oxygen atoms in total. The zero-order chi connectivity index (χ0) is 14.0. The van der Waals surface area contributed by atoms with E-state index < -0.39 is 23.1 Å². The van der Waals surface area contributed by atoms with Gasteiger partial charge in [0.2, 0.25) is 0 Å². The highest BCUT2D eigenvalue weighted by atomic mass is 35.5. The molecule has 0 atom stereocenters. The van der Waals surface area contributed by atoms with Crippen LogP contribution in [0.3, 0.4) is 0 Å². The normalized spacial score (nSPS) is 12.6. The molecule has 1 N–H and O–H groups in total. The molecule has 0 aromatic heterocycles. The average Bonchev–Trinajstić information content (AvgIpc) is 2.19. The van der Waals surface area contributed by atoms with E-state index in [9.17, 15) is 17.6 Å². The molecule has 0 heterocycles. The highest BCUT2D eigenvalue weighted by Gasteiger charge is 2.31. The smallest absolute Gasteiger partial charge is 0.378 e. The minimum Gasteiger partial charge on any atom is -0.378 e. The second-order valence-corrected chi connectivity index (χ2v) is 5.02. The molecule has 1 aromatic carbocycles. The molecule has 0 aliphatic carbocycles. The average molecular weight is 284 g/mol. The van der Waals surface area contributed by atoms with Gasteiger partial charge in [-0.3, -0.25) is 0 Å². The van der Waals surface area contributed by atoms with Crippen molar-refractivity contribution in [3.8, 4) is 0 Å². The second-order valence-electron chi connectivity index (χ2n) is 4.64. The van der Waals surface area contributed by atoms with Crippen molar-refractivity contribution in [2.45, 2.75) is 32.0 Å². The number of nitrogens with one attached hydrogen (secondary N) is 1. The number of hydrogen-bond donors (Lipinski definition) is 1. The van der Waals surface area contributed by atoms with E-state index in [-0.39, 0.29) is 5.69 Å². The van der Waals surface area contributed by atoms with Gasteiger partial charge in [-0.05, 0) is 38.5 Å². The first-order chi connectivity index (χ1) is 8.15. The van der Waals surface area contributed by atoms with Crippen molar-refractivity contribution in [3.05, 3.63) is 29.6 Å². The molecule has 0 amide bonds. The fourth-order valence-electron chi connectivity index (χ4n) is 1.46. The minimum absolute atomic E-state index is 0.0399. The van der Waals surface area contributed by atoms with Crippen LogP contribution in [-0.4, -0.2) is 11.4 Å². The first-order valence-corrected chi connectivity index (χ1v) is 5.90. The first-order valence-electron chi connectivity index (χ1n) is 5.36. The molecule has 1 aromatic rings. The van der Waals surface area contributed by atoms with Crippen molar-refractivity contribution in [1.82, 2.24) is 0 Å². The maximum Gasteiger partial charge on any atom is 0.416 e. The summed E-state index contributed by atoms with van der Waals surface area (Å²) >= 11 is 5.59. The quantitative estimate of drug-likeness (QED) is 0.626. The molecule has 0 saturated carbocycles. The number of rotatable bonds is 4. The minimum atomic E-state index is -4.54. The first kappa shape index (κ1) is 15.1. The number of benzene rings is 1. The summed E-state index contributed by atoms with van der Waals surface area (Å²) in [5, 5.41) is 2.84. The lowest BCUT2D eigenvalue weighted by Crippen LogP contribution is -2.31. The molecule has 0 fully saturated rings. The van der Waals surface area contributed by atoms with Gasteiger partial charge in [0.05, 0.1) is 11.3 Å². The van der Waals surface area contributed by atoms with Gasteiger partial charge in [-0.25, -0.2) is 4.39 Å². The van der Waals surface area contributed by atoms with E-state index in [1.807, 2.05) is 0 Å². The summed E-state index contributed by atoms with van der Waals surface area (Å²) in [7, 11) is 0. The molecule has 0 bridgehead atoms. The molecule has 0 radical (unpaired) electrons. The van der Waals surface area contributed by atoms with Crippen LogP contribution in [0.15, 0.2) is 18.2 Å². The predicted octanol–water partition coefficient (Wildman–Crippen LogP) is 4.66. The molecule has 0 spiro atoms. The van der Waals surface area contributed by atoms with Crippen molar-refractivity contribution in [2.24, 2.45) is 0 Å². The van der Waals surface area contributed by atoms with Crippen LogP contribution in [0.5, 0.6) is 0 Å². The molecule has 0 aliphatic heterocycles. The van der Waals surface area contributed by atoms with E-state index in [4.69, 9.17) is 11.6 Å². The molecule has 1 rings (SSSR count). The Bertz CT molecular complexity index is 415. The maximum absolute atomic E-state index is 13.6. The third kappa shape index (κ3) is 4.05.